The maximum Gasteiger partial charge on any atom is 0.416 e. The molecule has 15 heteroatoms. The molecule has 1 aliphatic heterocycles. The molecule has 2 atom stereocenters. The van der Waals surface area contributed by atoms with Gasteiger partial charge in [-0.2, -0.15) is 39.5 Å². The van der Waals surface area contributed by atoms with Crippen molar-refractivity contribution in [2.45, 2.75) is 44.6 Å². The lowest BCUT2D eigenvalue weighted by Crippen LogP contribution is -2.65. The van der Waals surface area contributed by atoms with E-state index < -0.39 is 78.3 Å². The molecule has 1 fully saturated rings. The fourth-order valence-corrected chi connectivity index (χ4v) is 3.40. The quantitative estimate of drug-likeness (QED) is 0.500. The van der Waals surface area contributed by atoms with Crippen LogP contribution in [0.25, 0.3) is 0 Å². The number of carbonyl (C=O) groups is 2. The average Bonchev–Trinajstić information content (AvgIpc) is 2.65. The number of nitrogens with zero attached hydrogens (tertiary/aromatic N) is 2. The lowest BCUT2D eigenvalue weighted by molar-refractivity contribution is -0.206. The van der Waals surface area contributed by atoms with E-state index in [9.17, 15) is 49.1 Å². The van der Waals surface area contributed by atoms with Gasteiger partial charge in [0.15, 0.2) is 6.04 Å². The Morgan fingerprint density at radius 3 is 2.06 bits per heavy atom. The average molecular weight is 493 g/mol. The summed E-state index contributed by atoms with van der Waals surface area (Å²) in [5.41, 5.74) is -6.31. The third kappa shape index (κ3) is 5.39. The summed E-state index contributed by atoms with van der Waals surface area (Å²) in [7, 11) is 0. The van der Waals surface area contributed by atoms with Crippen molar-refractivity contribution in [1.82, 2.24) is 9.80 Å². The van der Waals surface area contributed by atoms with E-state index in [1.54, 1.807) is 0 Å². The molecule has 2 unspecified atom stereocenters. The second-order valence-electron chi connectivity index (χ2n) is 6.90. The predicted octanol–water partition coefficient (Wildman–Crippen LogP) is 4.36. The van der Waals surface area contributed by atoms with Crippen molar-refractivity contribution in [3.8, 4) is 0 Å². The van der Waals surface area contributed by atoms with Crippen molar-refractivity contribution in [2.24, 2.45) is 0 Å². The highest BCUT2D eigenvalue weighted by Gasteiger charge is 2.57. The number of alkyl halides is 9. The number of nitrogens with one attached hydrogen (secondary N) is 1. The van der Waals surface area contributed by atoms with Crippen LogP contribution in [0.3, 0.4) is 0 Å². The molecule has 2 rings (SSSR count). The van der Waals surface area contributed by atoms with E-state index in [1.165, 1.54) is 6.92 Å². The number of rotatable bonds is 4. The van der Waals surface area contributed by atoms with Gasteiger partial charge in [-0.15, -0.1) is 0 Å². The summed E-state index contributed by atoms with van der Waals surface area (Å²) in [5.74, 6) is -2.69. The molecule has 1 heterocycles. The van der Waals surface area contributed by atoms with Crippen LogP contribution in [0, 0.1) is 5.41 Å². The van der Waals surface area contributed by atoms with Gasteiger partial charge in [-0.25, -0.2) is 4.90 Å². The van der Waals surface area contributed by atoms with Crippen LogP contribution in [0.4, 0.5) is 39.5 Å². The molecule has 6 nitrogen and oxygen atoms in total. The zero-order chi connectivity index (χ0) is 25.5. The molecule has 0 spiro atoms. The summed E-state index contributed by atoms with van der Waals surface area (Å²) in [4.78, 5) is 24.2. The van der Waals surface area contributed by atoms with Crippen LogP contribution < -0.4 is 0 Å². The topological polar surface area (TPSA) is 73.7 Å². The molecule has 1 aromatic rings. The number of hydrogen-bond donors (Lipinski definition) is 1. The number of hydrogen-bond acceptors (Lipinski definition) is 5. The van der Waals surface area contributed by atoms with Crippen molar-refractivity contribution in [2.75, 3.05) is 13.3 Å². The van der Waals surface area contributed by atoms with Crippen molar-refractivity contribution in [3.63, 3.8) is 0 Å². The third-order valence-corrected chi connectivity index (χ3v) is 4.74. The van der Waals surface area contributed by atoms with Gasteiger partial charge in [0.1, 0.15) is 18.6 Å². The second-order valence-corrected chi connectivity index (χ2v) is 6.90. The normalized spacial score (nSPS) is 20.9. The number of carbonyl (C=O) groups excluding carboxylic acids is 2. The van der Waals surface area contributed by atoms with Crippen LogP contribution >= 0.6 is 0 Å². The summed E-state index contributed by atoms with van der Waals surface area (Å²) in [6.07, 6.45) is -18.3. The van der Waals surface area contributed by atoms with Gasteiger partial charge in [-0.3, -0.25) is 15.0 Å². The number of esters is 1. The van der Waals surface area contributed by atoms with Crippen LogP contribution in [0.1, 0.15) is 36.7 Å². The zero-order valence-corrected chi connectivity index (χ0v) is 16.8. The van der Waals surface area contributed by atoms with Gasteiger partial charge in [-0.1, -0.05) is 6.07 Å². The molecule has 0 aliphatic carbocycles. The van der Waals surface area contributed by atoms with Gasteiger partial charge in [-0.05, 0) is 19.1 Å². The summed E-state index contributed by atoms with van der Waals surface area (Å²) >= 11 is 0. The number of amides is 1. The molecule has 1 amide bonds. The summed E-state index contributed by atoms with van der Waals surface area (Å²) in [5, 5.41) is 7.64. The maximum atomic E-state index is 13.7. The van der Waals surface area contributed by atoms with Crippen molar-refractivity contribution in [3.05, 3.63) is 34.9 Å². The lowest BCUT2D eigenvalue weighted by Gasteiger charge is -2.48. The van der Waals surface area contributed by atoms with Crippen molar-refractivity contribution < 1.29 is 53.8 Å². The Kier molecular flexibility index (Phi) is 7.07. The number of benzene rings is 1. The van der Waals surface area contributed by atoms with Crippen LogP contribution in [-0.4, -0.2) is 52.9 Å². The van der Waals surface area contributed by atoms with E-state index in [2.05, 4.69) is 4.74 Å². The van der Waals surface area contributed by atoms with Gasteiger partial charge in [0.05, 0.1) is 11.1 Å². The highest BCUT2D eigenvalue weighted by Crippen LogP contribution is 2.44. The second kappa shape index (κ2) is 8.83. The number of ether oxygens (including phenoxy) is 1. The van der Waals surface area contributed by atoms with E-state index in [4.69, 9.17) is 5.41 Å². The van der Waals surface area contributed by atoms with Crippen LogP contribution in [0.5, 0.6) is 0 Å². The molecule has 33 heavy (non-hydrogen) atoms. The molecule has 184 valence electrons. The first kappa shape index (κ1) is 26.4. The van der Waals surface area contributed by atoms with Crippen molar-refractivity contribution in [1.29, 1.82) is 5.41 Å². The highest BCUT2D eigenvalue weighted by molar-refractivity contribution is 6.40. The van der Waals surface area contributed by atoms with Gasteiger partial charge < -0.3 is 9.64 Å². The monoisotopic (exact) mass is 493 g/mol. The van der Waals surface area contributed by atoms with E-state index in [0.29, 0.717) is 11.0 Å². The van der Waals surface area contributed by atoms with Crippen LogP contribution in [-0.2, 0) is 26.7 Å². The van der Waals surface area contributed by atoms with Crippen molar-refractivity contribution >= 4 is 17.6 Å². The molecule has 1 aliphatic rings. The minimum absolute atomic E-state index is 0.104. The fourth-order valence-electron chi connectivity index (χ4n) is 3.40. The van der Waals surface area contributed by atoms with E-state index in [0.717, 1.165) is 6.92 Å². The standard InChI is InChI=1S/C18H16F9N3O3/c1-3-29-14(10-5-4-9(16(19,20)21)6-11(10)17(22,23)24)30(7-33-8(2)31)13(18(25,26)27)12(28)15(29)32/h4-6,13-14,28H,3,7H2,1-2H3. The van der Waals surface area contributed by atoms with E-state index in [-0.39, 0.29) is 17.0 Å². The first-order valence-corrected chi connectivity index (χ1v) is 9.04. The Bertz CT molecular complexity index is 941. The minimum Gasteiger partial charge on any atom is -0.450 e. The first-order chi connectivity index (χ1) is 14.9. The van der Waals surface area contributed by atoms with Gasteiger partial charge in [0, 0.05) is 19.0 Å². The minimum atomic E-state index is -5.45. The zero-order valence-electron chi connectivity index (χ0n) is 16.8. The molecule has 0 aromatic heterocycles. The summed E-state index contributed by atoms with van der Waals surface area (Å²) in [6, 6.07) is -2.81. The smallest absolute Gasteiger partial charge is 0.416 e. The molecule has 0 saturated carbocycles. The van der Waals surface area contributed by atoms with Crippen LogP contribution in [0.15, 0.2) is 18.2 Å². The molecule has 0 radical (unpaired) electrons. The van der Waals surface area contributed by atoms with E-state index in [1.807, 2.05) is 0 Å². The van der Waals surface area contributed by atoms with Gasteiger partial charge in [0.25, 0.3) is 5.91 Å². The Morgan fingerprint density at radius 1 is 1.06 bits per heavy atom. The highest BCUT2D eigenvalue weighted by atomic mass is 19.4. The molecule has 1 aromatic carbocycles. The fraction of sp³-hybridized carbons (Fsp3) is 0.500. The molecular formula is C18H16F9N3O3. The largest absolute Gasteiger partial charge is 0.450 e. The Labute approximate surface area is 180 Å². The Hall–Kier alpha value is -2.84. The summed E-state index contributed by atoms with van der Waals surface area (Å²) < 4.78 is 126. The lowest BCUT2D eigenvalue weighted by atomic mass is 9.94. The van der Waals surface area contributed by atoms with Gasteiger partial charge in [0.2, 0.25) is 0 Å². The SMILES string of the molecule is CCN1C(=O)C(=N)C(C(F)(F)F)N(COC(C)=O)C1c1ccc(C(F)(F)F)cc1C(F)(F)F. The van der Waals surface area contributed by atoms with E-state index >= 15 is 0 Å². The third-order valence-electron chi connectivity index (χ3n) is 4.74. The number of halogens is 9. The van der Waals surface area contributed by atoms with Gasteiger partial charge >= 0.3 is 24.5 Å². The molecular weight excluding hydrogens is 477 g/mol. The first-order valence-electron chi connectivity index (χ1n) is 9.04. The molecule has 0 bridgehead atoms. The molecule has 1 saturated heterocycles. The predicted molar refractivity (Wildman–Crippen MR) is 92.6 cm³/mol. The summed E-state index contributed by atoms with van der Waals surface area (Å²) in [6.45, 7) is 0.183. The van der Waals surface area contributed by atoms with Crippen LogP contribution in [0.2, 0.25) is 0 Å². The Balaban J connectivity index is 2.83. The maximum absolute atomic E-state index is 13.7. The molecule has 1 N–H and O–H groups in total. The Morgan fingerprint density at radius 2 is 1.64 bits per heavy atom.